The molecule has 1 nitrogen and oxygen atoms in total. The Labute approximate surface area is 237 Å². The van der Waals surface area contributed by atoms with E-state index in [2.05, 4.69) is 33.0 Å². The van der Waals surface area contributed by atoms with Crippen LogP contribution in [0.1, 0.15) is 220 Å². The lowest BCUT2D eigenvalue weighted by Gasteiger charge is -2.26. The molecule has 0 aromatic rings. The summed E-state index contributed by atoms with van der Waals surface area (Å²) in [5.74, 6) is 0. The first kappa shape index (κ1) is 37.0. The first-order valence-electron chi connectivity index (χ1n) is 17.9. The molecule has 0 fully saturated rings. The summed E-state index contributed by atoms with van der Waals surface area (Å²) < 4.78 is 0. The largest absolute Gasteiger partial charge is 0.312 e. The second kappa shape index (κ2) is 30.5. The van der Waals surface area contributed by atoms with Gasteiger partial charge in [0, 0.05) is 5.54 Å². The minimum absolute atomic E-state index is 0.327. The van der Waals surface area contributed by atoms with Crippen molar-refractivity contribution in [3.8, 4) is 0 Å². The number of rotatable bonds is 32. The van der Waals surface area contributed by atoms with Crippen LogP contribution in [0.25, 0.3) is 0 Å². The first-order chi connectivity index (χ1) is 18.1. The van der Waals surface area contributed by atoms with Crippen LogP contribution < -0.4 is 5.32 Å². The van der Waals surface area contributed by atoms with Crippen LogP contribution in [-0.2, 0) is 0 Å². The van der Waals surface area contributed by atoms with Crippen molar-refractivity contribution in [2.45, 2.75) is 226 Å². The third kappa shape index (κ3) is 32.1. The van der Waals surface area contributed by atoms with Gasteiger partial charge in [0.2, 0.25) is 0 Å². The van der Waals surface area contributed by atoms with Crippen LogP contribution in [0, 0.1) is 0 Å². The summed E-state index contributed by atoms with van der Waals surface area (Å²) in [6, 6.07) is 0. The maximum atomic E-state index is 3.85. The molecule has 0 atom stereocenters. The molecule has 0 bridgehead atoms. The van der Waals surface area contributed by atoms with Crippen molar-refractivity contribution < 1.29 is 0 Å². The summed E-state index contributed by atoms with van der Waals surface area (Å²) in [5, 5.41) is 3.85. The van der Waals surface area contributed by atoms with Gasteiger partial charge in [0.15, 0.2) is 0 Å². The molecule has 0 aromatic carbocycles. The highest BCUT2D eigenvalue weighted by Gasteiger charge is 2.15. The van der Waals surface area contributed by atoms with E-state index >= 15 is 0 Å². The summed E-state index contributed by atoms with van der Waals surface area (Å²) >= 11 is 0. The molecule has 0 radical (unpaired) electrons. The molecule has 0 aliphatic carbocycles. The molecule has 0 unspecified atom stereocenters. The van der Waals surface area contributed by atoms with E-state index in [1.54, 1.807) is 0 Å². The van der Waals surface area contributed by atoms with Gasteiger partial charge in [-0.05, 0) is 33.2 Å². The highest BCUT2D eigenvalue weighted by Crippen LogP contribution is 2.18. The molecule has 0 saturated carbocycles. The predicted molar refractivity (Wildman–Crippen MR) is 172 cm³/mol. The van der Waals surface area contributed by atoms with Crippen molar-refractivity contribution in [3.63, 3.8) is 0 Å². The molecule has 1 N–H and O–H groups in total. The van der Waals surface area contributed by atoms with Gasteiger partial charge < -0.3 is 5.32 Å². The molecule has 0 saturated heterocycles. The average Bonchev–Trinajstić information content (AvgIpc) is 2.88. The van der Waals surface area contributed by atoms with Crippen LogP contribution in [0.15, 0.2) is 0 Å². The molecule has 0 aromatic heterocycles. The normalized spacial score (nSPS) is 12.0. The predicted octanol–water partition coefficient (Wildman–Crippen LogP) is 13.1. The zero-order valence-electron chi connectivity index (χ0n) is 26.9. The average molecular weight is 522 g/mol. The minimum atomic E-state index is 0.327. The third-order valence-electron chi connectivity index (χ3n) is 8.54. The molecular formula is C36H75N. The van der Waals surface area contributed by atoms with Crippen LogP contribution >= 0.6 is 0 Å². The van der Waals surface area contributed by atoms with Crippen molar-refractivity contribution in [2.75, 3.05) is 6.54 Å². The van der Waals surface area contributed by atoms with Crippen LogP contribution in [0.2, 0.25) is 0 Å². The Balaban J connectivity index is 3.26. The molecule has 0 aliphatic rings. The Morgan fingerprint density at radius 1 is 0.324 bits per heavy atom. The number of hydrogen-bond acceptors (Lipinski definition) is 1. The standard InChI is InChI=1S/C36H75N/c1-5-7-9-11-13-15-17-19-20-21-23-25-27-29-31-33-35-37-36(3,4)34-32-30-28-26-24-22-18-16-14-12-10-8-6-2/h37H,5-35H2,1-4H3. The molecule has 1 heteroatoms. The van der Waals surface area contributed by atoms with Crippen molar-refractivity contribution in [2.24, 2.45) is 0 Å². The van der Waals surface area contributed by atoms with E-state index in [9.17, 15) is 0 Å². The Kier molecular flexibility index (Phi) is 30.5. The molecule has 224 valence electrons. The molecule has 0 amide bonds. The number of hydrogen-bond donors (Lipinski definition) is 1. The monoisotopic (exact) mass is 522 g/mol. The topological polar surface area (TPSA) is 12.0 Å². The van der Waals surface area contributed by atoms with E-state index in [4.69, 9.17) is 0 Å². The Hall–Kier alpha value is -0.0400. The molecule has 0 rings (SSSR count). The summed E-state index contributed by atoms with van der Waals surface area (Å²) in [4.78, 5) is 0. The van der Waals surface area contributed by atoms with Gasteiger partial charge in [0.25, 0.3) is 0 Å². The van der Waals surface area contributed by atoms with E-state index in [-0.39, 0.29) is 0 Å². The molecule has 0 aliphatic heterocycles. The van der Waals surface area contributed by atoms with Gasteiger partial charge >= 0.3 is 0 Å². The van der Waals surface area contributed by atoms with Crippen LogP contribution in [0.5, 0.6) is 0 Å². The number of nitrogens with one attached hydrogen (secondary N) is 1. The summed E-state index contributed by atoms with van der Waals surface area (Å²) in [6.45, 7) is 10.7. The zero-order valence-corrected chi connectivity index (χ0v) is 26.9. The Bertz CT molecular complexity index is 401. The molecular weight excluding hydrogens is 446 g/mol. The van der Waals surface area contributed by atoms with Gasteiger partial charge in [0.05, 0.1) is 0 Å². The summed E-state index contributed by atoms with van der Waals surface area (Å²) in [5.41, 5.74) is 0.327. The van der Waals surface area contributed by atoms with Crippen LogP contribution in [0.4, 0.5) is 0 Å². The quantitative estimate of drug-likeness (QED) is 0.0868. The highest BCUT2D eigenvalue weighted by atomic mass is 14.9. The van der Waals surface area contributed by atoms with E-state index in [0.717, 1.165) is 0 Å². The van der Waals surface area contributed by atoms with Crippen molar-refractivity contribution in [1.29, 1.82) is 0 Å². The minimum Gasteiger partial charge on any atom is -0.312 e. The van der Waals surface area contributed by atoms with E-state index < -0.39 is 0 Å². The van der Waals surface area contributed by atoms with E-state index in [1.165, 1.54) is 199 Å². The number of unbranched alkanes of at least 4 members (excludes halogenated alkanes) is 27. The fraction of sp³-hybridized carbons (Fsp3) is 1.00. The molecule has 0 spiro atoms. The van der Waals surface area contributed by atoms with Gasteiger partial charge in [-0.3, -0.25) is 0 Å². The van der Waals surface area contributed by atoms with Crippen molar-refractivity contribution >= 4 is 0 Å². The lowest BCUT2D eigenvalue weighted by molar-refractivity contribution is 0.342. The van der Waals surface area contributed by atoms with Gasteiger partial charge in [0.1, 0.15) is 0 Å². The smallest absolute Gasteiger partial charge is 0.0125 e. The lowest BCUT2D eigenvalue weighted by atomic mass is 9.95. The molecule has 0 heterocycles. The Morgan fingerprint density at radius 2 is 0.568 bits per heavy atom. The van der Waals surface area contributed by atoms with Crippen LogP contribution in [-0.4, -0.2) is 12.1 Å². The zero-order chi connectivity index (χ0) is 27.1. The van der Waals surface area contributed by atoms with Gasteiger partial charge in [-0.2, -0.15) is 0 Å². The fourth-order valence-corrected chi connectivity index (χ4v) is 5.77. The summed E-state index contributed by atoms with van der Waals surface area (Å²) in [6.07, 6.45) is 43.4. The maximum Gasteiger partial charge on any atom is 0.0125 e. The van der Waals surface area contributed by atoms with Crippen LogP contribution in [0.3, 0.4) is 0 Å². The second-order valence-electron chi connectivity index (χ2n) is 13.1. The Morgan fingerprint density at radius 3 is 0.865 bits per heavy atom. The third-order valence-corrected chi connectivity index (χ3v) is 8.54. The SMILES string of the molecule is CCCCCCCCCCCCCCCCCCNC(C)(C)CCCCCCCCCCCCCCC. The van der Waals surface area contributed by atoms with Gasteiger partial charge in [-0.15, -0.1) is 0 Å². The van der Waals surface area contributed by atoms with E-state index in [1.807, 2.05) is 0 Å². The van der Waals surface area contributed by atoms with Crippen molar-refractivity contribution in [1.82, 2.24) is 5.32 Å². The van der Waals surface area contributed by atoms with Crippen molar-refractivity contribution in [3.05, 3.63) is 0 Å². The molecule has 37 heavy (non-hydrogen) atoms. The fourth-order valence-electron chi connectivity index (χ4n) is 5.77. The van der Waals surface area contributed by atoms with Gasteiger partial charge in [-0.1, -0.05) is 194 Å². The highest BCUT2D eigenvalue weighted by molar-refractivity contribution is 4.77. The van der Waals surface area contributed by atoms with Gasteiger partial charge in [-0.25, -0.2) is 0 Å². The van der Waals surface area contributed by atoms with E-state index in [0.29, 0.717) is 5.54 Å². The first-order valence-corrected chi connectivity index (χ1v) is 17.9. The second-order valence-corrected chi connectivity index (χ2v) is 13.1. The lowest BCUT2D eigenvalue weighted by Crippen LogP contribution is -2.39. The summed E-state index contributed by atoms with van der Waals surface area (Å²) in [7, 11) is 0. The maximum absolute atomic E-state index is 3.85.